The predicted molar refractivity (Wildman–Crippen MR) is 571 cm³/mol. The van der Waals surface area contributed by atoms with Gasteiger partial charge in [-0.05, 0) is 290 Å². The molecular weight excluding hydrogens is 1560 g/mol. The molecule has 0 heteroatoms. The van der Waals surface area contributed by atoms with E-state index in [1.807, 2.05) is 0 Å². The van der Waals surface area contributed by atoms with Gasteiger partial charge in [0.1, 0.15) is 0 Å². The van der Waals surface area contributed by atoms with Gasteiger partial charge in [0.2, 0.25) is 0 Å². The van der Waals surface area contributed by atoms with Crippen molar-refractivity contribution in [2.24, 2.45) is 0 Å². The molecule has 0 amide bonds. The van der Waals surface area contributed by atoms with E-state index in [0.717, 1.165) is 0 Å². The molecule has 0 nitrogen and oxygen atoms in total. The van der Waals surface area contributed by atoms with Crippen LogP contribution in [0.2, 0.25) is 0 Å². The zero-order chi connectivity index (χ0) is 92.4. The maximum Gasteiger partial charge on any atom is -0.000139 e. The quantitative estimate of drug-likeness (QED) is 0.120. The van der Waals surface area contributed by atoms with E-state index in [4.69, 9.17) is 0 Å². The molecule has 0 aromatic heterocycles. The summed E-state index contributed by atoms with van der Waals surface area (Å²) in [6.07, 6.45) is 0. The van der Waals surface area contributed by atoms with Gasteiger partial charge < -0.3 is 0 Å². The summed E-state index contributed by atoms with van der Waals surface area (Å²) in [5, 5.41) is 15.4. The van der Waals surface area contributed by atoms with E-state index in [9.17, 15) is 0 Å². The van der Waals surface area contributed by atoms with Gasteiger partial charge in [-0.3, -0.25) is 0 Å². The molecule has 0 radical (unpaired) electrons. The van der Waals surface area contributed by atoms with Gasteiger partial charge >= 0.3 is 0 Å². The summed E-state index contributed by atoms with van der Waals surface area (Å²) in [4.78, 5) is 0. The summed E-state index contributed by atoms with van der Waals surface area (Å²) in [5.74, 6) is 0. The molecule has 0 atom stereocenters. The van der Waals surface area contributed by atoms with E-state index >= 15 is 0 Å². The molecule has 18 aromatic carbocycles. The van der Waals surface area contributed by atoms with E-state index in [1.165, 1.54) is 232 Å². The highest BCUT2D eigenvalue weighted by molar-refractivity contribution is 6.36. The molecular formula is C130H132. The van der Waals surface area contributed by atoms with Crippen LogP contribution in [-0.2, 0) is 43.3 Å². The van der Waals surface area contributed by atoms with Crippen LogP contribution >= 0.6 is 0 Å². The second kappa shape index (κ2) is 33.5. The second-order valence-corrected chi connectivity index (χ2v) is 45.5. The Balaban J connectivity index is 0.000000183. The Morgan fingerprint density at radius 2 is 0.269 bits per heavy atom. The van der Waals surface area contributed by atoms with Gasteiger partial charge in [0.05, 0.1) is 0 Å². The van der Waals surface area contributed by atoms with Crippen LogP contribution in [0.15, 0.2) is 328 Å². The number of rotatable bonds is 10. The van der Waals surface area contributed by atoms with Crippen molar-refractivity contribution in [3.8, 4) is 111 Å². The summed E-state index contributed by atoms with van der Waals surface area (Å²) >= 11 is 0. The summed E-state index contributed by atoms with van der Waals surface area (Å²) in [5.41, 5.74) is 38.2. The first-order chi connectivity index (χ1) is 61.4. The van der Waals surface area contributed by atoms with E-state index in [-0.39, 0.29) is 43.3 Å². The van der Waals surface area contributed by atoms with Crippen molar-refractivity contribution in [1.82, 2.24) is 0 Å². The van der Waals surface area contributed by atoms with Crippen molar-refractivity contribution >= 4 is 64.6 Å². The summed E-state index contributed by atoms with van der Waals surface area (Å²) < 4.78 is 0. The fourth-order valence-electron chi connectivity index (χ4n) is 19.8. The van der Waals surface area contributed by atoms with Crippen LogP contribution < -0.4 is 0 Å². The Morgan fingerprint density at radius 1 is 0.123 bits per heavy atom. The average Bonchev–Trinajstić information content (AvgIpc) is 0.695. The molecule has 0 saturated carbocycles. The molecule has 0 saturated heterocycles. The monoisotopic (exact) mass is 1690 g/mol. The summed E-state index contributed by atoms with van der Waals surface area (Å²) in [6.45, 7) is 60.1. The zero-order valence-electron chi connectivity index (χ0n) is 82.2. The molecule has 0 spiro atoms. The molecule has 0 unspecified atom stereocenters. The lowest BCUT2D eigenvalue weighted by molar-refractivity contribution is 0.590. The lowest BCUT2D eigenvalue weighted by Crippen LogP contribution is -2.11. The zero-order valence-corrected chi connectivity index (χ0v) is 82.2. The lowest BCUT2D eigenvalue weighted by Gasteiger charge is -2.28. The van der Waals surface area contributed by atoms with Crippen molar-refractivity contribution < 1.29 is 0 Å². The van der Waals surface area contributed by atoms with Crippen LogP contribution in [0.5, 0.6) is 0 Å². The number of benzene rings is 18. The average molecular weight is 1690 g/mol. The minimum Gasteiger partial charge on any atom is -0.0622 e. The predicted octanol–water partition coefficient (Wildman–Crippen LogP) is 38.0. The van der Waals surface area contributed by atoms with Gasteiger partial charge in [-0.1, -0.05) is 493 Å². The maximum atomic E-state index is 2.53. The Hall–Kier alpha value is -12.5. The third kappa shape index (κ3) is 17.3. The van der Waals surface area contributed by atoms with Crippen molar-refractivity contribution in [1.29, 1.82) is 0 Å². The van der Waals surface area contributed by atoms with Crippen LogP contribution in [0.1, 0.15) is 222 Å². The van der Waals surface area contributed by atoms with Crippen LogP contribution in [0.3, 0.4) is 0 Å². The molecule has 0 fully saturated rings. The van der Waals surface area contributed by atoms with Gasteiger partial charge in [-0.15, -0.1) is 0 Å². The number of aryl methyl sites for hydroxylation is 2. The molecule has 18 aromatic rings. The van der Waals surface area contributed by atoms with Crippen molar-refractivity contribution in [3.63, 3.8) is 0 Å². The van der Waals surface area contributed by atoms with Crippen molar-refractivity contribution in [2.45, 2.75) is 223 Å². The molecule has 0 N–H and O–H groups in total. The van der Waals surface area contributed by atoms with Crippen LogP contribution in [-0.4, -0.2) is 0 Å². The maximum absolute atomic E-state index is 2.53. The lowest BCUT2D eigenvalue weighted by atomic mass is 9.75. The first-order valence-corrected chi connectivity index (χ1v) is 47.3. The Kier molecular flexibility index (Phi) is 23.0. The standard InChI is InChI=1S/C67H62.C63H70/c1-43-21-39-55-57(41-43)61(48-26-22-46(23-27-48)44-17-13-11-14-18-44)63-60(51-32-36-53(37-33-51)66(5,6)7)56-40-38-54(67(8,9)10)42-58(56)62(49-28-24-47(25-29-49)45-19-15-12-16-20-45)64(63)59(55)50-30-34-52(35-31-50)65(2,3)4;1-39-17-35-49-51(37-39)55(42-22-30-46(31-23-42)61(8,9)10)57-54(41-20-28-45(29-21-41)60(5,6)7)50-36-34-48(63(14,15)16)38-52(50)56(43-24-32-47(33-25-43)62(11,12)13)58(57)53(49)40-18-26-44(27-19-40)59(2,3)4/h11-42H,1-10H3;17-38H,1-16H3. The first kappa shape index (κ1) is 89.5. The topological polar surface area (TPSA) is 0 Å². The molecule has 0 aliphatic heterocycles. The van der Waals surface area contributed by atoms with Crippen LogP contribution in [0, 0.1) is 13.8 Å². The molecule has 18 rings (SSSR count). The van der Waals surface area contributed by atoms with Gasteiger partial charge in [0.25, 0.3) is 0 Å². The van der Waals surface area contributed by atoms with E-state index < -0.39 is 0 Å². The van der Waals surface area contributed by atoms with Crippen molar-refractivity contribution in [2.75, 3.05) is 0 Å². The fraction of sp³-hybridized carbons (Fsp3) is 0.262. The third-order valence-corrected chi connectivity index (χ3v) is 27.6. The first-order valence-electron chi connectivity index (χ1n) is 47.3. The number of hydrogen-bond donors (Lipinski definition) is 0. The van der Waals surface area contributed by atoms with E-state index in [2.05, 4.69) is 508 Å². The normalized spacial score (nSPS) is 12.7. The van der Waals surface area contributed by atoms with Gasteiger partial charge in [-0.25, -0.2) is 0 Å². The summed E-state index contributed by atoms with van der Waals surface area (Å²) in [7, 11) is 0. The van der Waals surface area contributed by atoms with Gasteiger partial charge in [0.15, 0.2) is 0 Å². The van der Waals surface area contributed by atoms with E-state index in [1.54, 1.807) is 0 Å². The second-order valence-electron chi connectivity index (χ2n) is 45.5. The highest BCUT2D eigenvalue weighted by Gasteiger charge is 2.33. The number of fused-ring (bicyclic) bond motifs is 6. The molecule has 0 aliphatic carbocycles. The van der Waals surface area contributed by atoms with Crippen LogP contribution in [0.25, 0.3) is 176 Å². The SMILES string of the molecule is Cc1ccc2c(-c3ccc(C(C)(C)C)cc3)c3c(-c4ccc(-c5ccccc5)cc4)c4cc(C(C)(C)C)ccc4c(-c4ccc(C(C)(C)C)cc4)c3c(-c3ccc(-c4ccccc4)cc3)c2c1.Cc1ccc2c(-c3ccc(C(C)(C)C)cc3)c3c(-c4ccc(C(C)(C)C)cc4)c4cc(C(C)(C)C)ccc4c(-c4ccc(C(C)(C)C)cc4)c3c(-c3ccc(C(C)(C)C)cc3)c2c1. The molecule has 652 valence electrons. The third-order valence-electron chi connectivity index (χ3n) is 27.6. The fourth-order valence-corrected chi connectivity index (χ4v) is 19.8. The highest BCUT2D eigenvalue weighted by Crippen LogP contribution is 2.58. The summed E-state index contributed by atoms with van der Waals surface area (Å²) in [6, 6.07) is 126. The Bertz CT molecular complexity index is 7300. The molecule has 0 aliphatic rings. The van der Waals surface area contributed by atoms with Crippen molar-refractivity contribution in [3.05, 3.63) is 383 Å². The molecule has 130 heavy (non-hydrogen) atoms. The van der Waals surface area contributed by atoms with Gasteiger partial charge in [0, 0.05) is 0 Å². The molecule has 0 bridgehead atoms. The van der Waals surface area contributed by atoms with Crippen LogP contribution in [0.4, 0.5) is 0 Å². The highest BCUT2D eigenvalue weighted by atomic mass is 14.4. The largest absolute Gasteiger partial charge is 0.0622 e. The van der Waals surface area contributed by atoms with E-state index in [0.29, 0.717) is 0 Å². The Labute approximate surface area is 777 Å². The molecule has 0 heterocycles. The smallest absolute Gasteiger partial charge is 0.000139 e. The van der Waals surface area contributed by atoms with Gasteiger partial charge in [-0.2, -0.15) is 0 Å². The number of hydrogen-bond acceptors (Lipinski definition) is 0. The Morgan fingerprint density at radius 3 is 0.462 bits per heavy atom. The minimum absolute atomic E-state index is 0.0197. The minimum atomic E-state index is -0.0652.